The van der Waals surface area contributed by atoms with Crippen molar-refractivity contribution in [3.63, 3.8) is 0 Å². The third-order valence-electron chi connectivity index (χ3n) is 5.54. The second-order valence-corrected chi connectivity index (χ2v) is 9.05. The van der Waals surface area contributed by atoms with Gasteiger partial charge in [-0.3, -0.25) is 9.59 Å². The lowest BCUT2D eigenvalue weighted by Gasteiger charge is -2.18. The number of anilines is 2. The number of hydrogen-bond acceptors (Lipinski definition) is 6. The minimum absolute atomic E-state index is 0.107. The Morgan fingerprint density at radius 2 is 1.61 bits per heavy atom. The fraction of sp³-hybridized carbons (Fsp3) is 0.148. The maximum absolute atomic E-state index is 13.1. The normalized spacial score (nSPS) is 13.4. The van der Waals surface area contributed by atoms with Gasteiger partial charge in [0.2, 0.25) is 0 Å². The van der Waals surface area contributed by atoms with E-state index in [0.29, 0.717) is 22.0 Å². The van der Waals surface area contributed by atoms with Gasteiger partial charge in [-0.2, -0.15) is 0 Å². The Labute approximate surface area is 218 Å². The molecular weight excluding hydrogens is 503 g/mol. The first-order chi connectivity index (χ1) is 17.2. The molecule has 2 amide bonds. The van der Waals surface area contributed by atoms with E-state index in [1.807, 2.05) is 26.0 Å². The lowest BCUT2D eigenvalue weighted by Crippen LogP contribution is -2.32. The Bertz CT molecular complexity index is 1380. The number of nitrogens with zero attached hydrogens (tertiary/aromatic N) is 1. The van der Waals surface area contributed by atoms with Gasteiger partial charge in [0, 0.05) is 10.7 Å². The molecule has 1 N–H and O–H groups in total. The number of amides is 2. The molecule has 9 heteroatoms. The number of para-hydroxylation sites is 1. The molecule has 0 saturated carbocycles. The monoisotopic (exact) mass is 524 g/mol. The van der Waals surface area contributed by atoms with Crippen molar-refractivity contribution in [2.24, 2.45) is 0 Å². The SMILES string of the molecule is COc1ccc(Cl)cc1N1C(=O)C(Cl)=C(Nc2ccc(C(=O)Oc3ccccc3C(C)C)cc2)C1=O. The maximum atomic E-state index is 13.1. The number of nitrogens with one attached hydrogen (secondary N) is 1. The van der Waals surface area contributed by atoms with Crippen LogP contribution in [0.4, 0.5) is 11.4 Å². The topological polar surface area (TPSA) is 84.9 Å². The number of ether oxygens (including phenoxy) is 2. The smallest absolute Gasteiger partial charge is 0.343 e. The van der Waals surface area contributed by atoms with Crippen LogP contribution in [0.3, 0.4) is 0 Å². The molecule has 184 valence electrons. The maximum Gasteiger partial charge on any atom is 0.343 e. The van der Waals surface area contributed by atoms with Gasteiger partial charge >= 0.3 is 5.97 Å². The number of imide groups is 1. The predicted molar refractivity (Wildman–Crippen MR) is 139 cm³/mol. The van der Waals surface area contributed by atoms with Crippen LogP contribution >= 0.6 is 23.2 Å². The van der Waals surface area contributed by atoms with Crippen LogP contribution in [0.2, 0.25) is 5.02 Å². The second kappa shape index (κ2) is 10.4. The Kier molecular flexibility index (Phi) is 7.33. The zero-order chi connectivity index (χ0) is 26.0. The molecule has 7 nitrogen and oxygen atoms in total. The summed E-state index contributed by atoms with van der Waals surface area (Å²) in [6.07, 6.45) is 0. The van der Waals surface area contributed by atoms with Crippen molar-refractivity contribution in [2.45, 2.75) is 19.8 Å². The number of benzene rings is 3. The first-order valence-corrected chi connectivity index (χ1v) is 11.8. The molecule has 4 rings (SSSR count). The summed E-state index contributed by atoms with van der Waals surface area (Å²) in [5.74, 6) is -0.917. The third-order valence-corrected chi connectivity index (χ3v) is 6.13. The van der Waals surface area contributed by atoms with Crippen LogP contribution in [0.15, 0.2) is 77.5 Å². The first-order valence-electron chi connectivity index (χ1n) is 11.0. The lowest BCUT2D eigenvalue weighted by atomic mass is 10.0. The summed E-state index contributed by atoms with van der Waals surface area (Å²) in [5, 5.41) is 2.91. The van der Waals surface area contributed by atoms with Gasteiger partial charge in [-0.05, 0) is 60.0 Å². The van der Waals surface area contributed by atoms with Gasteiger partial charge in [0.15, 0.2) is 0 Å². The average Bonchev–Trinajstić information content (AvgIpc) is 3.07. The molecule has 3 aromatic rings. The molecule has 0 unspecified atom stereocenters. The zero-order valence-electron chi connectivity index (χ0n) is 19.7. The van der Waals surface area contributed by atoms with Gasteiger partial charge in [-0.1, -0.05) is 55.2 Å². The Balaban J connectivity index is 1.51. The molecule has 3 aromatic carbocycles. The summed E-state index contributed by atoms with van der Waals surface area (Å²) in [7, 11) is 1.42. The number of hydrogen-bond donors (Lipinski definition) is 1. The van der Waals surface area contributed by atoms with Gasteiger partial charge in [-0.25, -0.2) is 9.69 Å². The molecule has 1 aliphatic rings. The molecule has 0 spiro atoms. The minimum Gasteiger partial charge on any atom is -0.495 e. The van der Waals surface area contributed by atoms with Crippen molar-refractivity contribution in [1.29, 1.82) is 0 Å². The molecule has 0 saturated heterocycles. The van der Waals surface area contributed by atoms with Crippen LogP contribution in [0.1, 0.15) is 35.7 Å². The van der Waals surface area contributed by atoms with E-state index in [1.165, 1.54) is 13.2 Å². The van der Waals surface area contributed by atoms with Gasteiger partial charge in [0.25, 0.3) is 11.8 Å². The Morgan fingerprint density at radius 1 is 0.917 bits per heavy atom. The van der Waals surface area contributed by atoms with Crippen molar-refractivity contribution in [3.8, 4) is 11.5 Å². The highest BCUT2D eigenvalue weighted by Gasteiger charge is 2.40. The average molecular weight is 525 g/mol. The van der Waals surface area contributed by atoms with E-state index in [0.717, 1.165) is 10.5 Å². The quantitative estimate of drug-likeness (QED) is 0.227. The highest BCUT2D eigenvalue weighted by Crippen LogP contribution is 2.37. The molecule has 1 heterocycles. The molecule has 0 radical (unpaired) electrons. The lowest BCUT2D eigenvalue weighted by molar-refractivity contribution is -0.120. The highest BCUT2D eigenvalue weighted by atomic mass is 35.5. The summed E-state index contributed by atoms with van der Waals surface area (Å²) in [6, 6.07) is 18.2. The summed E-state index contributed by atoms with van der Waals surface area (Å²) >= 11 is 12.3. The van der Waals surface area contributed by atoms with E-state index in [4.69, 9.17) is 32.7 Å². The fourth-order valence-corrected chi connectivity index (χ4v) is 4.09. The van der Waals surface area contributed by atoms with E-state index in [2.05, 4.69) is 5.32 Å². The fourth-order valence-electron chi connectivity index (χ4n) is 3.71. The van der Waals surface area contributed by atoms with Crippen LogP contribution in [0.25, 0.3) is 0 Å². The predicted octanol–water partition coefficient (Wildman–Crippen LogP) is 6.13. The van der Waals surface area contributed by atoms with Crippen LogP contribution in [0, 0.1) is 0 Å². The van der Waals surface area contributed by atoms with Crippen LogP contribution < -0.4 is 19.7 Å². The highest BCUT2D eigenvalue weighted by molar-refractivity contribution is 6.53. The largest absolute Gasteiger partial charge is 0.495 e. The number of methoxy groups -OCH3 is 1. The summed E-state index contributed by atoms with van der Waals surface area (Å²) < 4.78 is 10.9. The second-order valence-electron chi connectivity index (χ2n) is 8.24. The number of carbonyl (C=O) groups is 3. The molecule has 0 fully saturated rings. The van der Waals surface area contributed by atoms with Crippen LogP contribution in [-0.2, 0) is 9.59 Å². The van der Waals surface area contributed by atoms with Gasteiger partial charge < -0.3 is 14.8 Å². The molecule has 0 bridgehead atoms. The number of esters is 1. The van der Waals surface area contributed by atoms with Crippen molar-refractivity contribution in [1.82, 2.24) is 0 Å². The van der Waals surface area contributed by atoms with Gasteiger partial charge in [-0.15, -0.1) is 0 Å². The van der Waals surface area contributed by atoms with E-state index in [-0.39, 0.29) is 28.1 Å². The van der Waals surface area contributed by atoms with Crippen molar-refractivity contribution >= 4 is 52.4 Å². The Hall–Kier alpha value is -3.81. The molecular formula is C27H22Cl2N2O5. The van der Waals surface area contributed by atoms with Crippen molar-refractivity contribution in [2.75, 3.05) is 17.3 Å². The number of halogens is 2. The van der Waals surface area contributed by atoms with Crippen molar-refractivity contribution in [3.05, 3.63) is 93.6 Å². The van der Waals surface area contributed by atoms with Crippen LogP contribution in [-0.4, -0.2) is 24.9 Å². The molecule has 0 aromatic heterocycles. The van der Waals surface area contributed by atoms with E-state index in [9.17, 15) is 14.4 Å². The first kappa shape index (κ1) is 25.3. The van der Waals surface area contributed by atoms with E-state index >= 15 is 0 Å². The van der Waals surface area contributed by atoms with Crippen LogP contribution in [0.5, 0.6) is 11.5 Å². The van der Waals surface area contributed by atoms with Gasteiger partial charge in [0.05, 0.1) is 18.4 Å². The zero-order valence-corrected chi connectivity index (χ0v) is 21.2. The number of carbonyl (C=O) groups excluding carboxylic acids is 3. The summed E-state index contributed by atoms with van der Waals surface area (Å²) in [4.78, 5) is 39.5. The Morgan fingerprint density at radius 3 is 2.28 bits per heavy atom. The molecule has 36 heavy (non-hydrogen) atoms. The standard InChI is InChI=1S/C27H22Cl2N2O5/c1-15(2)19-6-4-5-7-21(19)36-27(34)16-8-11-18(12-9-16)30-24-23(29)25(32)31(26(24)33)20-14-17(28)10-13-22(20)35-3/h4-15,30H,1-3H3. The molecule has 0 aliphatic carbocycles. The molecule has 1 aliphatic heterocycles. The molecule has 0 atom stereocenters. The third kappa shape index (κ3) is 4.94. The minimum atomic E-state index is -0.714. The van der Waals surface area contributed by atoms with Gasteiger partial charge in [0.1, 0.15) is 22.2 Å². The summed E-state index contributed by atoms with van der Waals surface area (Å²) in [6.45, 7) is 4.04. The number of rotatable bonds is 7. The van der Waals surface area contributed by atoms with Crippen molar-refractivity contribution < 1.29 is 23.9 Å². The summed E-state index contributed by atoms with van der Waals surface area (Å²) in [5.41, 5.74) is 1.76. The van der Waals surface area contributed by atoms with E-state index < -0.39 is 17.8 Å². The van der Waals surface area contributed by atoms with E-state index in [1.54, 1.807) is 48.5 Å².